The van der Waals surface area contributed by atoms with Crippen LogP contribution < -0.4 is 9.47 Å². The van der Waals surface area contributed by atoms with Gasteiger partial charge in [-0.2, -0.15) is 23.3 Å². The summed E-state index contributed by atoms with van der Waals surface area (Å²) < 4.78 is 55.5. The number of aromatic nitrogens is 3. The average molecular weight is 341 g/mol. The second-order valence-corrected chi connectivity index (χ2v) is 5.11. The van der Waals surface area contributed by atoms with E-state index in [2.05, 4.69) is 10.1 Å². The van der Waals surface area contributed by atoms with Crippen LogP contribution >= 0.6 is 0 Å². The summed E-state index contributed by atoms with van der Waals surface area (Å²) in [6.07, 6.45) is -4.47. The van der Waals surface area contributed by atoms with Crippen molar-refractivity contribution in [2.75, 3.05) is 6.61 Å². The molecular formula is C15H14F3N3O3. The molecule has 0 aliphatic heterocycles. The summed E-state index contributed by atoms with van der Waals surface area (Å²) in [6, 6.07) is 4.22. The molecule has 0 N–H and O–H groups in total. The summed E-state index contributed by atoms with van der Waals surface area (Å²) in [7, 11) is 1.37. The van der Waals surface area contributed by atoms with Crippen LogP contribution in [-0.2, 0) is 13.2 Å². The number of alkyl halides is 3. The Morgan fingerprint density at radius 1 is 1.25 bits per heavy atom. The molecule has 0 fully saturated rings. The number of hydrogen-bond donors (Lipinski definition) is 0. The van der Waals surface area contributed by atoms with Crippen molar-refractivity contribution < 1.29 is 27.1 Å². The second-order valence-electron chi connectivity index (χ2n) is 5.11. The van der Waals surface area contributed by atoms with E-state index in [1.807, 2.05) is 0 Å². The van der Waals surface area contributed by atoms with E-state index >= 15 is 0 Å². The zero-order valence-electron chi connectivity index (χ0n) is 13.1. The zero-order valence-corrected chi connectivity index (χ0v) is 13.1. The number of nitrogens with zero attached hydrogens (tertiary/aromatic N) is 3. The monoisotopic (exact) mass is 341 g/mol. The number of benzene rings is 1. The third-order valence-corrected chi connectivity index (χ3v) is 3.19. The van der Waals surface area contributed by atoms with Gasteiger partial charge < -0.3 is 13.9 Å². The Balaban J connectivity index is 2.02. The summed E-state index contributed by atoms with van der Waals surface area (Å²) in [6.45, 7) is 3.96. The highest BCUT2D eigenvalue weighted by molar-refractivity contribution is 5.81. The van der Waals surface area contributed by atoms with Crippen molar-refractivity contribution in [3.63, 3.8) is 0 Å². The standard InChI is InChI=1S/C15H14F3N3O3/c1-4-22-14-19-13-9(5-8(2)6-10(13)24-14)23-12-7-11(15(16,17)18)20-21(12)3/h5-7H,4H2,1-3H3. The van der Waals surface area contributed by atoms with Gasteiger partial charge in [0.15, 0.2) is 22.5 Å². The first-order chi connectivity index (χ1) is 11.3. The highest BCUT2D eigenvalue weighted by Gasteiger charge is 2.35. The number of ether oxygens (including phenoxy) is 2. The molecule has 2 heterocycles. The summed E-state index contributed by atoms with van der Waals surface area (Å²) in [5.41, 5.74) is 0.555. The lowest BCUT2D eigenvalue weighted by Crippen LogP contribution is -2.06. The number of fused-ring (bicyclic) bond motifs is 1. The van der Waals surface area contributed by atoms with E-state index < -0.39 is 11.9 Å². The van der Waals surface area contributed by atoms with Crippen LogP contribution in [0.1, 0.15) is 18.2 Å². The van der Waals surface area contributed by atoms with Gasteiger partial charge in [0.05, 0.1) is 6.61 Å². The van der Waals surface area contributed by atoms with Crippen LogP contribution in [0.4, 0.5) is 13.2 Å². The fourth-order valence-electron chi connectivity index (χ4n) is 2.17. The van der Waals surface area contributed by atoms with Crippen molar-refractivity contribution in [2.24, 2.45) is 7.05 Å². The van der Waals surface area contributed by atoms with Crippen LogP contribution in [-0.4, -0.2) is 21.4 Å². The smallest absolute Gasteiger partial charge is 0.435 e. The van der Waals surface area contributed by atoms with Gasteiger partial charge in [-0.15, -0.1) is 0 Å². The van der Waals surface area contributed by atoms with Crippen molar-refractivity contribution in [3.8, 4) is 17.7 Å². The largest absolute Gasteiger partial charge is 0.450 e. The SMILES string of the molecule is CCOc1nc2c(Oc3cc(C(F)(F)F)nn3C)cc(C)cc2o1. The first-order valence-corrected chi connectivity index (χ1v) is 7.11. The van der Waals surface area contributed by atoms with Crippen LogP contribution in [0.3, 0.4) is 0 Å². The van der Waals surface area contributed by atoms with E-state index in [0.29, 0.717) is 17.7 Å². The van der Waals surface area contributed by atoms with Crippen molar-refractivity contribution in [1.29, 1.82) is 0 Å². The van der Waals surface area contributed by atoms with Gasteiger partial charge in [0, 0.05) is 13.1 Å². The molecule has 0 radical (unpaired) electrons. The first-order valence-electron chi connectivity index (χ1n) is 7.11. The molecular weight excluding hydrogens is 327 g/mol. The molecule has 1 aromatic carbocycles. The lowest BCUT2D eigenvalue weighted by Gasteiger charge is -2.06. The van der Waals surface area contributed by atoms with Gasteiger partial charge in [-0.25, -0.2) is 4.68 Å². The van der Waals surface area contributed by atoms with E-state index in [1.165, 1.54) is 7.05 Å². The van der Waals surface area contributed by atoms with Gasteiger partial charge in [-0.3, -0.25) is 0 Å². The van der Waals surface area contributed by atoms with E-state index in [9.17, 15) is 13.2 Å². The molecule has 3 aromatic rings. The predicted molar refractivity (Wildman–Crippen MR) is 78.2 cm³/mol. The number of aryl methyl sites for hydroxylation is 2. The van der Waals surface area contributed by atoms with Crippen molar-refractivity contribution >= 4 is 11.1 Å². The molecule has 0 unspecified atom stereocenters. The molecule has 0 bridgehead atoms. The highest BCUT2D eigenvalue weighted by atomic mass is 19.4. The Labute approximate surface area is 134 Å². The fraction of sp³-hybridized carbons (Fsp3) is 0.333. The normalized spacial score (nSPS) is 11.9. The number of rotatable bonds is 4. The van der Waals surface area contributed by atoms with Crippen LogP contribution in [0.25, 0.3) is 11.1 Å². The molecule has 3 rings (SSSR count). The zero-order chi connectivity index (χ0) is 17.5. The highest BCUT2D eigenvalue weighted by Crippen LogP contribution is 2.35. The quantitative estimate of drug-likeness (QED) is 0.715. The Morgan fingerprint density at radius 3 is 2.62 bits per heavy atom. The molecule has 0 saturated carbocycles. The maximum absolute atomic E-state index is 12.7. The molecule has 6 nitrogen and oxygen atoms in total. The molecule has 0 saturated heterocycles. The minimum atomic E-state index is -4.54. The maximum atomic E-state index is 12.7. The van der Waals surface area contributed by atoms with Gasteiger partial charge in [0.2, 0.25) is 5.88 Å². The minimum Gasteiger partial charge on any atom is -0.450 e. The van der Waals surface area contributed by atoms with Gasteiger partial charge in [0.1, 0.15) is 0 Å². The molecule has 24 heavy (non-hydrogen) atoms. The van der Waals surface area contributed by atoms with Crippen molar-refractivity contribution in [3.05, 3.63) is 29.5 Å². The Morgan fingerprint density at radius 2 is 2.00 bits per heavy atom. The number of halogens is 3. The Hall–Kier alpha value is -2.71. The lowest BCUT2D eigenvalue weighted by atomic mass is 10.2. The second kappa shape index (κ2) is 5.73. The maximum Gasteiger partial charge on any atom is 0.435 e. The van der Waals surface area contributed by atoms with E-state index in [-0.39, 0.29) is 17.7 Å². The van der Waals surface area contributed by atoms with Gasteiger partial charge >= 0.3 is 12.3 Å². The summed E-state index contributed by atoms with van der Waals surface area (Å²) in [5, 5.41) is 3.41. The Kier molecular flexibility index (Phi) is 3.86. The summed E-state index contributed by atoms with van der Waals surface area (Å²) >= 11 is 0. The predicted octanol–water partition coefficient (Wildman–Crippen LogP) is 4.08. The topological polar surface area (TPSA) is 62.3 Å². The van der Waals surface area contributed by atoms with Crippen LogP contribution in [0.2, 0.25) is 0 Å². The summed E-state index contributed by atoms with van der Waals surface area (Å²) in [4.78, 5) is 4.16. The third-order valence-electron chi connectivity index (χ3n) is 3.19. The molecule has 0 aliphatic carbocycles. The van der Waals surface area contributed by atoms with E-state index in [4.69, 9.17) is 13.9 Å². The minimum absolute atomic E-state index is 0.0600. The third kappa shape index (κ3) is 3.01. The molecule has 128 valence electrons. The molecule has 9 heteroatoms. The molecule has 0 spiro atoms. The van der Waals surface area contributed by atoms with Crippen LogP contribution in [0.15, 0.2) is 22.6 Å². The fourth-order valence-corrected chi connectivity index (χ4v) is 2.17. The van der Waals surface area contributed by atoms with Gasteiger partial charge in [0.25, 0.3) is 0 Å². The lowest BCUT2D eigenvalue weighted by molar-refractivity contribution is -0.141. The number of oxazole rings is 1. The van der Waals surface area contributed by atoms with Gasteiger partial charge in [-0.1, -0.05) is 0 Å². The number of hydrogen-bond acceptors (Lipinski definition) is 5. The molecule has 0 amide bonds. The Bertz CT molecular complexity index is 883. The van der Waals surface area contributed by atoms with Crippen LogP contribution in [0, 0.1) is 6.92 Å². The average Bonchev–Trinajstić information content (AvgIpc) is 3.03. The van der Waals surface area contributed by atoms with Crippen LogP contribution in [0.5, 0.6) is 17.7 Å². The van der Waals surface area contributed by atoms with Gasteiger partial charge in [-0.05, 0) is 31.5 Å². The first kappa shape index (κ1) is 16.2. The van der Waals surface area contributed by atoms with E-state index in [0.717, 1.165) is 16.3 Å². The molecule has 0 atom stereocenters. The van der Waals surface area contributed by atoms with E-state index in [1.54, 1.807) is 26.0 Å². The summed E-state index contributed by atoms with van der Waals surface area (Å²) in [5.74, 6) is 0.201. The molecule has 0 aliphatic rings. The van der Waals surface area contributed by atoms with Crippen molar-refractivity contribution in [1.82, 2.24) is 14.8 Å². The molecule has 2 aromatic heterocycles. The van der Waals surface area contributed by atoms with Crippen molar-refractivity contribution in [2.45, 2.75) is 20.0 Å².